The van der Waals surface area contributed by atoms with Crippen LogP contribution in [0.3, 0.4) is 0 Å². The predicted molar refractivity (Wildman–Crippen MR) is 270 cm³/mol. The van der Waals surface area contributed by atoms with Crippen molar-refractivity contribution in [1.82, 2.24) is 0 Å². The number of fused-ring (bicyclic) bond motifs is 3. The van der Waals surface area contributed by atoms with Crippen LogP contribution in [0.5, 0.6) is 34.5 Å². The molecule has 352 valence electrons. The molecular weight excluding hydrogens is 897 g/mol. The van der Waals surface area contributed by atoms with Crippen molar-refractivity contribution in [1.29, 1.82) is 0 Å². The van der Waals surface area contributed by atoms with Gasteiger partial charge in [0.15, 0.2) is 54.2 Å². The zero-order valence-corrected chi connectivity index (χ0v) is 40.0. The van der Waals surface area contributed by atoms with E-state index in [4.69, 9.17) is 28.4 Å². The van der Waals surface area contributed by atoms with Crippen LogP contribution in [-0.2, 0) is 19.7 Å². The number of rotatable bonds is 24. The Hall–Kier alpha value is -6.76. The summed E-state index contributed by atoms with van der Waals surface area (Å²) in [5.41, 5.74) is 2.01. The second-order valence-electron chi connectivity index (χ2n) is 16.7. The van der Waals surface area contributed by atoms with E-state index < -0.39 is 19.7 Å². The summed E-state index contributed by atoms with van der Waals surface area (Å²) in [6.45, 7) is 5.71. The van der Waals surface area contributed by atoms with Gasteiger partial charge in [-0.05, 0) is 120 Å². The van der Waals surface area contributed by atoms with E-state index in [2.05, 4.69) is 0 Å². The summed E-state index contributed by atoms with van der Waals surface area (Å²) in [6, 6.07) is 49.5. The molecule has 0 spiro atoms. The highest BCUT2D eigenvalue weighted by Crippen LogP contribution is 2.36. The third-order valence-corrected chi connectivity index (χ3v) is 15.1. The number of aryl methyl sites for hydroxylation is 2. The van der Waals surface area contributed by atoms with Gasteiger partial charge in [-0.25, -0.2) is 16.8 Å². The fraction of sp³-hybridized carbons (Fsp3) is 0.250. The Kier molecular flexibility index (Phi) is 15.7. The first-order valence-corrected chi connectivity index (χ1v) is 26.3. The molecule has 12 heteroatoms. The van der Waals surface area contributed by atoms with Gasteiger partial charge in [0, 0.05) is 12.8 Å². The molecule has 0 aliphatic heterocycles. The minimum absolute atomic E-state index is 0.0259. The van der Waals surface area contributed by atoms with Crippen molar-refractivity contribution >= 4 is 52.0 Å². The Labute approximate surface area is 399 Å². The molecule has 0 saturated heterocycles. The topological polar surface area (TPSA) is 124 Å². The van der Waals surface area contributed by atoms with Crippen LogP contribution in [0.1, 0.15) is 36.8 Å². The number of sulfone groups is 2. The Bertz CT molecular complexity index is 2970. The molecule has 8 aromatic carbocycles. The first-order chi connectivity index (χ1) is 33.0. The smallest absolute Gasteiger partial charge is 0.178 e. The molecule has 0 heterocycles. The average molecular weight is 953 g/mol. The van der Waals surface area contributed by atoms with Gasteiger partial charge in [-0.2, -0.15) is 0 Å². The molecule has 0 amide bonds. The van der Waals surface area contributed by atoms with Crippen LogP contribution in [-0.4, -0.2) is 68.0 Å². The molecule has 0 aromatic heterocycles. The minimum atomic E-state index is -3.43. The third-order valence-electron chi connectivity index (χ3n) is 11.4. The summed E-state index contributed by atoms with van der Waals surface area (Å²) in [5.74, 6) is 3.45. The lowest BCUT2D eigenvalue weighted by Crippen LogP contribution is -2.11. The van der Waals surface area contributed by atoms with Crippen molar-refractivity contribution < 1.29 is 45.3 Å². The standard InChI is InChI=1S/C56H56O10S2/c1-41-19-23-49(24-20-41)67(57,58)33-11-31-65-55-39-47-17-7-5-15-45(47)37-53(55)63-29-9-27-61-51-35-43-13-3-4-14-44(43)36-52(51)62-28-10-30-64-54-38-46-16-6-8-18-48(46)40-56(54)66-32-12-34-68(59,60)50-25-21-42(2)22-26-50/h3-8,13-26,35-40H,9-12,27-34H2,1-2H3. The maximum absolute atomic E-state index is 12.9. The van der Waals surface area contributed by atoms with Crippen molar-refractivity contribution in [2.75, 3.05) is 51.1 Å². The first kappa shape index (κ1) is 47.7. The molecule has 0 atom stereocenters. The normalized spacial score (nSPS) is 11.7. The van der Waals surface area contributed by atoms with E-state index in [1.807, 2.05) is 123 Å². The van der Waals surface area contributed by atoms with Crippen molar-refractivity contribution in [3.8, 4) is 34.5 Å². The molecule has 0 unspecified atom stereocenters. The maximum atomic E-state index is 12.9. The zero-order chi connectivity index (χ0) is 47.4. The van der Waals surface area contributed by atoms with Crippen LogP contribution in [0.4, 0.5) is 0 Å². The van der Waals surface area contributed by atoms with E-state index in [0.29, 0.717) is 96.4 Å². The number of hydrogen-bond acceptors (Lipinski definition) is 10. The SMILES string of the molecule is Cc1ccc(S(=O)(=O)CCCOc2cc3ccccc3cc2OCCCOc2cc3ccccc3cc2OCCCOc2cc3ccccc3cc2OCCCS(=O)(=O)c2ccc(C)cc2)cc1. The van der Waals surface area contributed by atoms with Gasteiger partial charge < -0.3 is 28.4 Å². The monoisotopic (exact) mass is 952 g/mol. The van der Waals surface area contributed by atoms with Gasteiger partial charge in [-0.1, -0.05) is 108 Å². The van der Waals surface area contributed by atoms with Gasteiger partial charge in [0.25, 0.3) is 0 Å². The van der Waals surface area contributed by atoms with Crippen molar-refractivity contribution in [2.24, 2.45) is 0 Å². The highest BCUT2D eigenvalue weighted by molar-refractivity contribution is 7.91. The molecule has 68 heavy (non-hydrogen) atoms. The summed E-state index contributed by atoms with van der Waals surface area (Å²) in [5, 5.41) is 6.03. The van der Waals surface area contributed by atoms with E-state index in [9.17, 15) is 16.8 Å². The quantitative estimate of drug-likeness (QED) is 0.0541. The summed E-state index contributed by atoms with van der Waals surface area (Å²) in [4.78, 5) is 0.624. The number of hydrogen-bond donors (Lipinski definition) is 0. The summed E-state index contributed by atoms with van der Waals surface area (Å²) in [7, 11) is -6.86. The summed E-state index contributed by atoms with van der Waals surface area (Å²) < 4.78 is 89.3. The fourth-order valence-corrected chi connectivity index (χ4v) is 10.3. The van der Waals surface area contributed by atoms with E-state index in [1.54, 1.807) is 48.5 Å². The zero-order valence-electron chi connectivity index (χ0n) is 38.4. The highest BCUT2D eigenvalue weighted by Gasteiger charge is 2.17. The van der Waals surface area contributed by atoms with Crippen LogP contribution in [0.15, 0.2) is 168 Å². The van der Waals surface area contributed by atoms with E-state index >= 15 is 0 Å². The molecule has 8 aromatic rings. The second kappa shape index (κ2) is 22.4. The average Bonchev–Trinajstić information content (AvgIpc) is 3.34. The van der Waals surface area contributed by atoms with Crippen LogP contribution < -0.4 is 28.4 Å². The number of ether oxygens (including phenoxy) is 6. The second-order valence-corrected chi connectivity index (χ2v) is 20.9. The molecule has 10 nitrogen and oxygen atoms in total. The van der Waals surface area contributed by atoms with E-state index in [-0.39, 0.29) is 24.7 Å². The Morgan fingerprint density at radius 1 is 0.309 bits per heavy atom. The Morgan fingerprint density at radius 3 is 0.765 bits per heavy atom. The Morgan fingerprint density at radius 2 is 0.529 bits per heavy atom. The van der Waals surface area contributed by atoms with E-state index in [0.717, 1.165) is 43.4 Å². The van der Waals surface area contributed by atoms with Gasteiger partial charge >= 0.3 is 0 Å². The van der Waals surface area contributed by atoms with Crippen molar-refractivity contribution in [2.45, 2.75) is 49.3 Å². The molecule has 8 rings (SSSR count). The summed E-state index contributed by atoms with van der Waals surface area (Å²) >= 11 is 0. The van der Waals surface area contributed by atoms with Crippen LogP contribution >= 0.6 is 0 Å². The van der Waals surface area contributed by atoms with Gasteiger partial charge in [0.1, 0.15) is 0 Å². The van der Waals surface area contributed by atoms with Crippen LogP contribution in [0, 0.1) is 13.8 Å². The molecule has 0 aliphatic carbocycles. The lowest BCUT2D eigenvalue weighted by molar-refractivity contribution is 0.215. The van der Waals surface area contributed by atoms with Crippen LogP contribution in [0.25, 0.3) is 32.3 Å². The largest absolute Gasteiger partial charge is 0.490 e. The predicted octanol–water partition coefficient (Wildman–Crippen LogP) is 11.9. The fourth-order valence-electron chi connectivity index (χ4n) is 7.71. The molecule has 0 fully saturated rings. The molecule has 0 saturated carbocycles. The molecule has 0 N–H and O–H groups in total. The number of benzene rings is 8. The van der Waals surface area contributed by atoms with Gasteiger partial charge in [-0.15, -0.1) is 0 Å². The Balaban J connectivity index is 0.841. The minimum Gasteiger partial charge on any atom is -0.490 e. The molecular formula is C56H56O10S2. The van der Waals surface area contributed by atoms with Crippen molar-refractivity contribution in [3.63, 3.8) is 0 Å². The van der Waals surface area contributed by atoms with Gasteiger partial charge in [-0.3, -0.25) is 0 Å². The van der Waals surface area contributed by atoms with E-state index in [1.165, 1.54) is 0 Å². The molecule has 0 bridgehead atoms. The molecule has 0 radical (unpaired) electrons. The summed E-state index contributed by atoms with van der Waals surface area (Å²) in [6.07, 6.45) is 1.79. The van der Waals surface area contributed by atoms with Gasteiger partial charge in [0.05, 0.1) is 60.9 Å². The maximum Gasteiger partial charge on any atom is 0.178 e. The first-order valence-electron chi connectivity index (χ1n) is 22.9. The highest BCUT2D eigenvalue weighted by atomic mass is 32.2. The third kappa shape index (κ3) is 12.6. The lowest BCUT2D eigenvalue weighted by atomic mass is 10.1. The van der Waals surface area contributed by atoms with Crippen molar-refractivity contribution in [3.05, 3.63) is 169 Å². The van der Waals surface area contributed by atoms with Crippen LogP contribution in [0.2, 0.25) is 0 Å². The molecule has 0 aliphatic rings. The lowest BCUT2D eigenvalue weighted by Gasteiger charge is -2.16. The van der Waals surface area contributed by atoms with Gasteiger partial charge in [0.2, 0.25) is 0 Å².